The molecule has 0 bridgehead atoms. The van der Waals surface area contributed by atoms with Crippen LogP contribution in [0.5, 0.6) is 0 Å². The molecule has 0 radical (unpaired) electrons. The molecular formula is C15H23N3O5. The van der Waals surface area contributed by atoms with E-state index in [1.807, 2.05) is 20.8 Å². The van der Waals surface area contributed by atoms with E-state index in [-0.39, 0.29) is 30.8 Å². The summed E-state index contributed by atoms with van der Waals surface area (Å²) in [6.45, 7) is 6.31. The van der Waals surface area contributed by atoms with Gasteiger partial charge in [-0.3, -0.25) is 4.79 Å². The Hall–Kier alpha value is -1.96. The number of aromatic nitrogens is 2. The van der Waals surface area contributed by atoms with Crippen molar-refractivity contribution in [2.24, 2.45) is 0 Å². The molecule has 23 heavy (non-hydrogen) atoms. The first-order valence-electron chi connectivity index (χ1n) is 7.68. The van der Waals surface area contributed by atoms with Crippen LogP contribution in [0.3, 0.4) is 0 Å². The Morgan fingerprint density at radius 1 is 1.39 bits per heavy atom. The van der Waals surface area contributed by atoms with Gasteiger partial charge in [-0.1, -0.05) is 25.9 Å². The molecule has 8 heteroatoms. The lowest BCUT2D eigenvalue weighted by Crippen LogP contribution is -2.55. The predicted octanol–water partition coefficient (Wildman–Crippen LogP) is 1.05. The summed E-state index contributed by atoms with van der Waals surface area (Å²) in [5.41, 5.74) is -1.48. The van der Waals surface area contributed by atoms with E-state index >= 15 is 0 Å². The maximum Gasteiger partial charge on any atom is 0.331 e. The van der Waals surface area contributed by atoms with Gasteiger partial charge in [0.05, 0.1) is 6.61 Å². The minimum absolute atomic E-state index is 0.00662. The third-order valence-electron chi connectivity index (χ3n) is 3.74. The number of nitrogens with one attached hydrogen (secondary N) is 1. The van der Waals surface area contributed by atoms with Gasteiger partial charge in [0.25, 0.3) is 0 Å². The second-order valence-corrected chi connectivity index (χ2v) is 6.85. The molecule has 8 nitrogen and oxygen atoms in total. The number of nitrogens with zero attached hydrogens (tertiary/aromatic N) is 2. The summed E-state index contributed by atoms with van der Waals surface area (Å²) in [4.78, 5) is 27.6. The van der Waals surface area contributed by atoms with Crippen molar-refractivity contribution in [3.05, 3.63) is 11.7 Å². The molecule has 2 heterocycles. The van der Waals surface area contributed by atoms with Crippen LogP contribution in [0, 0.1) is 0 Å². The van der Waals surface area contributed by atoms with Crippen molar-refractivity contribution in [1.29, 1.82) is 0 Å². The van der Waals surface area contributed by atoms with Crippen LogP contribution in [0.15, 0.2) is 4.52 Å². The van der Waals surface area contributed by atoms with Gasteiger partial charge in [-0.2, -0.15) is 4.98 Å². The smallest absolute Gasteiger partial charge is 0.331 e. The van der Waals surface area contributed by atoms with E-state index in [0.717, 1.165) is 0 Å². The van der Waals surface area contributed by atoms with Crippen LogP contribution in [0.2, 0.25) is 0 Å². The van der Waals surface area contributed by atoms with Crippen molar-refractivity contribution in [2.45, 2.75) is 57.4 Å². The number of carboxylic acid groups (broad SMARTS) is 1. The lowest BCUT2D eigenvalue weighted by atomic mass is 9.96. The summed E-state index contributed by atoms with van der Waals surface area (Å²) >= 11 is 0. The number of carboxylic acids is 1. The number of aryl methyl sites for hydroxylation is 1. The first-order valence-corrected chi connectivity index (χ1v) is 7.68. The molecule has 2 N–H and O–H groups in total. The largest absolute Gasteiger partial charge is 0.479 e. The van der Waals surface area contributed by atoms with Crippen LogP contribution < -0.4 is 5.32 Å². The lowest BCUT2D eigenvalue weighted by Gasteiger charge is -2.23. The Kier molecular flexibility index (Phi) is 5.03. The fourth-order valence-corrected chi connectivity index (χ4v) is 2.28. The molecule has 1 aliphatic heterocycles. The van der Waals surface area contributed by atoms with Gasteiger partial charge in [-0.25, -0.2) is 4.79 Å². The fraction of sp³-hybridized carbons (Fsp3) is 0.733. The first kappa shape index (κ1) is 17.4. The van der Waals surface area contributed by atoms with Gasteiger partial charge in [0, 0.05) is 31.3 Å². The first-order chi connectivity index (χ1) is 10.7. The van der Waals surface area contributed by atoms with Crippen molar-refractivity contribution >= 4 is 11.9 Å². The quantitative estimate of drug-likeness (QED) is 0.803. The molecule has 0 aliphatic carbocycles. The van der Waals surface area contributed by atoms with Crippen molar-refractivity contribution in [1.82, 2.24) is 15.5 Å². The zero-order valence-corrected chi connectivity index (χ0v) is 13.7. The Morgan fingerprint density at radius 2 is 2.13 bits per heavy atom. The summed E-state index contributed by atoms with van der Waals surface area (Å²) < 4.78 is 10.3. The summed E-state index contributed by atoms with van der Waals surface area (Å²) in [6.07, 6.45) is 1.47. The molecular weight excluding hydrogens is 302 g/mol. The Bertz CT molecular complexity index is 570. The average Bonchev–Trinajstić information content (AvgIpc) is 3.07. The van der Waals surface area contributed by atoms with E-state index in [0.29, 0.717) is 31.2 Å². The third-order valence-corrected chi connectivity index (χ3v) is 3.74. The summed E-state index contributed by atoms with van der Waals surface area (Å²) in [7, 11) is 0. The molecule has 1 aliphatic rings. The van der Waals surface area contributed by atoms with E-state index in [1.165, 1.54) is 0 Å². The van der Waals surface area contributed by atoms with E-state index in [1.54, 1.807) is 0 Å². The third kappa shape index (κ3) is 4.28. The second-order valence-electron chi connectivity index (χ2n) is 6.85. The van der Waals surface area contributed by atoms with Crippen LogP contribution in [-0.4, -0.2) is 45.9 Å². The van der Waals surface area contributed by atoms with Gasteiger partial charge in [-0.05, 0) is 6.42 Å². The topological polar surface area (TPSA) is 115 Å². The van der Waals surface area contributed by atoms with E-state index in [4.69, 9.17) is 9.26 Å². The van der Waals surface area contributed by atoms with Gasteiger partial charge in [0.15, 0.2) is 11.4 Å². The molecule has 0 saturated carbocycles. The maximum absolute atomic E-state index is 12.0. The minimum Gasteiger partial charge on any atom is -0.479 e. The van der Waals surface area contributed by atoms with Crippen LogP contribution in [-0.2, 0) is 26.2 Å². The number of hydrogen-bond donors (Lipinski definition) is 2. The Balaban J connectivity index is 1.81. The molecule has 2 rings (SSSR count). The van der Waals surface area contributed by atoms with Crippen molar-refractivity contribution in [3.8, 4) is 0 Å². The van der Waals surface area contributed by atoms with Gasteiger partial charge in [0.2, 0.25) is 11.8 Å². The summed E-state index contributed by atoms with van der Waals surface area (Å²) in [6, 6.07) is 0. The monoisotopic (exact) mass is 325 g/mol. The fourth-order valence-electron chi connectivity index (χ4n) is 2.28. The predicted molar refractivity (Wildman–Crippen MR) is 79.9 cm³/mol. The molecule has 1 amide bonds. The number of aliphatic carboxylic acids is 1. The SMILES string of the molecule is CC(C)(C)c1noc(CCCC(=O)NC2(C(=O)O)CCOC2)n1. The van der Waals surface area contributed by atoms with Crippen LogP contribution in [0.1, 0.15) is 51.7 Å². The molecule has 1 fully saturated rings. The normalized spacial score (nSPS) is 21.3. The van der Waals surface area contributed by atoms with Crippen LogP contribution >= 0.6 is 0 Å². The van der Waals surface area contributed by atoms with Crippen molar-refractivity contribution < 1.29 is 24.0 Å². The number of ether oxygens (including phenoxy) is 1. The molecule has 1 unspecified atom stereocenters. The molecule has 1 saturated heterocycles. The van der Waals surface area contributed by atoms with Crippen LogP contribution in [0.25, 0.3) is 0 Å². The number of carbonyl (C=O) groups is 2. The minimum atomic E-state index is -1.29. The zero-order valence-electron chi connectivity index (χ0n) is 13.7. The summed E-state index contributed by atoms with van der Waals surface area (Å²) in [5.74, 6) is -0.256. The Labute approximate surface area is 134 Å². The average molecular weight is 325 g/mol. The van der Waals surface area contributed by atoms with Crippen molar-refractivity contribution in [3.63, 3.8) is 0 Å². The highest BCUT2D eigenvalue weighted by Gasteiger charge is 2.43. The standard InChI is InChI=1S/C15H23N3O5/c1-14(2,3)12-16-11(23-18-12)6-4-5-10(19)17-15(13(20)21)7-8-22-9-15/h4-9H2,1-3H3,(H,17,19)(H,20,21). The maximum atomic E-state index is 12.0. The Morgan fingerprint density at radius 3 is 2.65 bits per heavy atom. The zero-order chi connectivity index (χ0) is 17.1. The molecule has 128 valence electrons. The van der Waals surface area contributed by atoms with Gasteiger partial charge in [0.1, 0.15) is 0 Å². The van der Waals surface area contributed by atoms with E-state index in [9.17, 15) is 14.7 Å². The van der Waals surface area contributed by atoms with E-state index < -0.39 is 11.5 Å². The second kappa shape index (κ2) is 6.66. The number of hydrogen-bond acceptors (Lipinski definition) is 6. The van der Waals surface area contributed by atoms with E-state index in [2.05, 4.69) is 15.5 Å². The summed E-state index contributed by atoms with van der Waals surface area (Å²) in [5, 5.41) is 15.8. The molecule has 0 aromatic carbocycles. The molecule has 1 aromatic heterocycles. The molecule has 0 spiro atoms. The van der Waals surface area contributed by atoms with Gasteiger partial charge < -0.3 is 19.7 Å². The highest BCUT2D eigenvalue weighted by atomic mass is 16.5. The van der Waals surface area contributed by atoms with Crippen LogP contribution in [0.4, 0.5) is 0 Å². The number of carbonyl (C=O) groups excluding carboxylic acids is 1. The molecule has 1 aromatic rings. The number of rotatable bonds is 6. The highest BCUT2D eigenvalue weighted by molar-refractivity contribution is 5.87. The van der Waals surface area contributed by atoms with Gasteiger partial charge in [-0.15, -0.1) is 0 Å². The molecule has 1 atom stereocenters. The lowest BCUT2D eigenvalue weighted by molar-refractivity contribution is -0.147. The van der Waals surface area contributed by atoms with Crippen molar-refractivity contribution in [2.75, 3.05) is 13.2 Å². The van der Waals surface area contributed by atoms with Gasteiger partial charge >= 0.3 is 5.97 Å². The number of amides is 1. The highest BCUT2D eigenvalue weighted by Crippen LogP contribution is 2.20.